The van der Waals surface area contributed by atoms with E-state index in [2.05, 4.69) is 57.7 Å². The highest BCUT2D eigenvalue weighted by atomic mass is 16.5. The molecule has 0 radical (unpaired) electrons. The van der Waals surface area contributed by atoms with Crippen molar-refractivity contribution in [2.24, 2.45) is 11.7 Å². The van der Waals surface area contributed by atoms with Gasteiger partial charge < -0.3 is 36.3 Å². The van der Waals surface area contributed by atoms with E-state index in [1.165, 1.54) is 0 Å². The van der Waals surface area contributed by atoms with Crippen LogP contribution in [0.4, 0.5) is 0 Å². The maximum Gasteiger partial charge on any atom is 0.306 e. The van der Waals surface area contributed by atoms with Gasteiger partial charge in [0, 0.05) is 25.6 Å². The number of imidazole rings is 1. The molecule has 5 atom stereocenters. The van der Waals surface area contributed by atoms with Crippen LogP contribution in [0, 0.1) is 5.92 Å². The third-order valence-corrected chi connectivity index (χ3v) is 11.5. The van der Waals surface area contributed by atoms with Crippen molar-refractivity contribution in [3.63, 3.8) is 0 Å². The van der Waals surface area contributed by atoms with Gasteiger partial charge in [0.05, 0.1) is 18.1 Å². The van der Waals surface area contributed by atoms with E-state index >= 15 is 0 Å². The highest BCUT2D eigenvalue weighted by Gasteiger charge is 2.39. The number of aromatic nitrogens is 2. The second-order valence-electron chi connectivity index (χ2n) is 15.9. The zero-order chi connectivity index (χ0) is 43.9. The standard InChI is InChI=1S/C49H57N7O6/c1-3-34(2)44(48(61)54-41-26-16-17-29-51-46(41)59)55-47(60)42(27-28-43(57)62-32-35-18-8-4-9-19-35)53-45(58)40(50)30-39-31-56(33-52-39)49(36-20-10-5-11-21-36,37-22-12-6-13-23-37)38-24-14-7-15-25-38/h4-15,18-25,31,33-34,40-42,44H,3,16-17,26-30,32,50H2,1-2H3,(H,51,59)(H,53,58)(H,54,61)(H,55,60)/t34-,40-,41-,42+,44+/m0/s1. The van der Waals surface area contributed by atoms with E-state index in [-0.39, 0.29) is 37.7 Å². The van der Waals surface area contributed by atoms with E-state index in [0.717, 1.165) is 35.1 Å². The molecule has 0 bridgehead atoms. The van der Waals surface area contributed by atoms with Crippen LogP contribution in [-0.4, -0.2) is 69.9 Å². The summed E-state index contributed by atoms with van der Waals surface area (Å²) in [7, 11) is 0. The first-order chi connectivity index (χ1) is 30.1. The Labute approximate surface area is 363 Å². The van der Waals surface area contributed by atoms with Gasteiger partial charge in [-0.2, -0.15) is 0 Å². The largest absolute Gasteiger partial charge is 0.461 e. The van der Waals surface area contributed by atoms with Gasteiger partial charge in [0.15, 0.2) is 0 Å². The fourth-order valence-corrected chi connectivity index (χ4v) is 7.87. The van der Waals surface area contributed by atoms with Crippen molar-refractivity contribution in [2.45, 2.75) is 95.1 Å². The summed E-state index contributed by atoms with van der Waals surface area (Å²) in [6.07, 6.45) is 5.90. The summed E-state index contributed by atoms with van der Waals surface area (Å²) in [5.74, 6) is -2.98. The van der Waals surface area contributed by atoms with Gasteiger partial charge in [0.25, 0.3) is 0 Å². The van der Waals surface area contributed by atoms with Crippen LogP contribution in [0.3, 0.4) is 0 Å². The minimum absolute atomic E-state index is 0.0299. The van der Waals surface area contributed by atoms with E-state index in [0.29, 0.717) is 25.1 Å². The van der Waals surface area contributed by atoms with Crippen molar-refractivity contribution in [3.8, 4) is 0 Å². The molecule has 0 spiro atoms. The Morgan fingerprint density at radius 3 is 1.98 bits per heavy atom. The molecule has 4 amide bonds. The number of nitrogens with zero attached hydrogens (tertiary/aromatic N) is 2. The first-order valence-electron chi connectivity index (χ1n) is 21.4. The molecule has 13 nitrogen and oxygen atoms in total. The average Bonchev–Trinajstić information content (AvgIpc) is 3.67. The lowest BCUT2D eigenvalue weighted by Gasteiger charge is -2.37. The third kappa shape index (κ3) is 11.2. The second-order valence-corrected chi connectivity index (χ2v) is 15.9. The van der Waals surface area contributed by atoms with Gasteiger partial charge in [0.1, 0.15) is 30.3 Å². The van der Waals surface area contributed by atoms with E-state index in [9.17, 15) is 24.0 Å². The summed E-state index contributed by atoms with van der Waals surface area (Å²) >= 11 is 0. The molecule has 1 fully saturated rings. The number of hydrogen-bond donors (Lipinski definition) is 5. The number of esters is 1. The number of amides is 4. The fourth-order valence-electron chi connectivity index (χ4n) is 7.87. The number of benzene rings is 4. The van der Waals surface area contributed by atoms with Crippen LogP contribution in [0.1, 0.15) is 80.3 Å². The number of nitrogens with two attached hydrogens (primary N) is 1. The Morgan fingerprint density at radius 1 is 0.823 bits per heavy atom. The molecule has 324 valence electrons. The molecule has 6 rings (SSSR count). The summed E-state index contributed by atoms with van der Waals surface area (Å²) in [6, 6.07) is 35.4. The Hall–Kier alpha value is -6.60. The molecule has 4 aromatic carbocycles. The summed E-state index contributed by atoms with van der Waals surface area (Å²) in [4.78, 5) is 72.1. The predicted molar refractivity (Wildman–Crippen MR) is 236 cm³/mol. The minimum Gasteiger partial charge on any atom is -0.461 e. The van der Waals surface area contributed by atoms with Gasteiger partial charge in [-0.3, -0.25) is 24.0 Å². The second kappa shape index (κ2) is 21.8. The summed E-state index contributed by atoms with van der Waals surface area (Å²) in [6.45, 7) is 4.29. The van der Waals surface area contributed by atoms with Crippen molar-refractivity contribution >= 4 is 29.6 Å². The fraction of sp³-hybridized carbons (Fsp3) is 0.347. The van der Waals surface area contributed by atoms with Gasteiger partial charge in [-0.15, -0.1) is 0 Å². The van der Waals surface area contributed by atoms with Crippen LogP contribution in [0.15, 0.2) is 134 Å². The van der Waals surface area contributed by atoms with Crippen molar-refractivity contribution in [2.75, 3.05) is 6.54 Å². The van der Waals surface area contributed by atoms with Gasteiger partial charge in [-0.05, 0) is 53.9 Å². The van der Waals surface area contributed by atoms with E-state index in [1.54, 1.807) is 6.33 Å². The quantitative estimate of drug-likeness (QED) is 0.0573. The van der Waals surface area contributed by atoms with Gasteiger partial charge >= 0.3 is 5.97 Å². The zero-order valence-electron chi connectivity index (χ0n) is 35.4. The summed E-state index contributed by atoms with van der Waals surface area (Å²) in [5, 5.41) is 11.2. The van der Waals surface area contributed by atoms with Gasteiger partial charge in [0.2, 0.25) is 23.6 Å². The smallest absolute Gasteiger partial charge is 0.306 e. The van der Waals surface area contributed by atoms with Crippen LogP contribution in [0.25, 0.3) is 0 Å². The lowest BCUT2D eigenvalue weighted by atomic mass is 9.77. The van der Waals surface area contributed by atoms with Crippen LogP contribution in [0.5, 0.6) is 0 Å². The summed E-state index contributed by atoms with van der Waals surface area (Å²) < 4.78 is 7.51. The van der Waals surface area contributed by atoms with Crippen LogP contribution in [-0.2, 0) is 47.3 Å². The average molecular weight is 840 g/mol. The molecule has 0 unspecified atom stereocenters. The number of hydrogen-bond acceptors (Lipinski definition) is 8. The maximum absolute atomic E-state index is 14.1. The number of ether oxygens (including phenoxy) is 1. The van der Waals surface area contributed by atoms with Crippen molar-refractivity contribution < 1.29 is 28.7 Å². The third-order valence-electron chi connectivity index (χ3n) is 11.5. The Balaban J connectivity index is 1.21. The molecule has 62 heavy (non-hydrogen) atoms. The van der Waals surface area contributed by atoms with Crippen LogP contribution in [0.2, 0.25) is 0 Å². The number of carbonyl (C=O) groups excluding carboxylic acids is 5. The highest BCUT2D eigenvalue weighted by Crippen LogP contribution is 2.40. The number of nitrogens with one attached hydrogen (secondary N) is 4. The first kappa shape index (κ1) is 44.9. The lowest BCUT2D eigenvalue weighted by molar-refractivity contribution is -0.145. The van der Waals surface area contributed by atoms with E-state index in [4.69, 9.17) is 15.5 Å². The van der Waals surface area contributed by atoms with Gasteiger partial charge in [-0.1, -0.05) is 142 Å². The normalized spacial score (nSPS) is 16.0. The first-order valence-corrected chi connectivity index (χ1v) is 21.4. The molecule has 1 saturated heterocycles. The molecule has 5 aromatic rings. The molecule has 1 aliphatic rings. The van der Waals surface area contributed by atoms with E-state index in [1.807, 2.05) is 110 Å². The minimum atomic E-state index is -1.25. The topological polar surface area (TPSA) is 187 Å². The molecular formula is C49H57N7O6. The molecule has 1 aromatic heterocycles. The molecule has 1 aliphatic heterocycles. The van der Waals surface area contributed by atoms with Crippen LogP contribution < -0.4 is 27.0 Å². The Morgan fingerprint density at radius 2 is 1.40 bits per heavy atom. The Kier molecular flexibility index (Phi) is 15.8. The van der Waals surface area contributed by atoms with Crippen molar-refractivity contribution in [3.05, 3.63) is 162 Å². The number of carbonyl (C=O) groups is 5. The molecule has 6 N–H and O–H groups in total. The van der Waals surface area contributed by atoms with Crippen molar-refractivity contribution in [1.29, 1.82) is 0 Å². The SMILES string of the molecule is CC[C@H](C)[C@@H](NC(=O)[C@@H](CCC(=O)OCc1ccccc1)NC(=O)[C@@H](N)Cc1cn(C(c2ccccc2)(c2ccccc2)c2ccccc2)cn1)C(=O)N[C@H]1CCCCNC1=O. The highest BCUT2D eigenvalue weighted by molar-refractivity contribution is 5.95. The Bertz CT molecular complexity index is 2140. The lowest BCUT2D eigenvalue weighted by Crippen LogP contribution is -2.59. The number of rotatable bonds is 19. The van der Waals surface area contributed by atoms with E-state index < -0.39 is 53.4 Å². The molecule has 13 heteroatoms. The predicted octanol–water partition coefficient (Wildman–Crippen LogP) is 4.92. The summed E-state index contributed by atoms with van der Waals surface area (Å²) in [5.41, 5.74) is 10.1. The molecule has 0 saturated carbocycles. The van der Waals surface area contributed by atoms with Crippen LogP contribution >= 0.6 is 0 Å². The maximum atomic E-state index is 14.1. The molecular weight excluding hydrogens is 783 g/mol. The zero-order valence-corrected chi connectivity index (χ0v) is 35.4. The van der Waals surface area contributed by atoms with Gasteiger partial charge in [-0.25, -0.2) is 4.98 Å². The molecule has 0 aliphatic carbocycles. The molecule has 2 heterocycles. The monoisotopic (exact) mass is 839 g/mol. The van der Waals surface area contributed by atoms with Crippen molar-refractivity contribution in [1.82, 2.24) is 30.8 Å².